The molecule has 4 aromatic heterocycles. The Kier molecular flexibility index (Phi) is 26.8. The van der Waals surface area contributed by atoms with Crippen LogP contribution in [0.25, 0.3) is 43.2 Å². The number of ether oxygens (including phenoxy) is 8. The summed E-state index contributed by atoms with van der Waals surface area (Å²) in [5.74, 6) is 1.54. The molecule has 8 aliphatic heterocycles. The Bertz CT molecular complexity index is 5160. The topological polar surface area (TPSA) is 316 Å². The highest BCUT2D eigenvalue weighted by Gasteiger charge is 2.64. The maximum absolute atomic E-state index is 14.8. The van der Waals surface area contributed by atoms with E-state index in [0.717, 1.165) is 119 Å². The molecule has 0 radical (unpaired) electrons. The molecule has 2 N–H and O–H groups in total. The van der Waals surface area contributed by atoms with Crippen LogP contribution in [0.5, 0.6) is 23.0 Å². The number of Topliss-reactive ketones (excluding diaryl/α,β-unsaturated/α-hetero) is 2. The van der Waals surface area contributed by atoms with Gasteiger partial charge in [0.1, 0.15) is 79.9 Å². The number of aromatic nitrogens is 4. The first-order valence-electron chi connectivity index (χ1n) is 44.7. The van der Waals surface area contributed by atoms with E-state index in [1.54, 1.807) is 11.0 Å². The number of allylic oxidation sites excluding steroid dienone is 1. The Morgan fingerprint density at radius 2 is 1.05 bits per heavy atom. The summed E-state index contributed by atoms with van der Waals surface area (Å²) in [5.41, 5.74) is 1.98. The molecule has 3 amide bonds. The standard InChI is InChI=1S/C45H58ClN5O9S2.C45H58ClN5O8S2/c1-4-28-23-45(28,44(54)49-62(55,56)29-5-6-29)24-36(52)35-22-39(34-9-7-30(43(53)51(34)35)27-11-16-57-17-12-27)60-38-21-32(42-48-33(25-61-42)26(2)3)47-41-31(38)8-10-37(40(41)46)59-20-15-50-13-18-58-19-14-50;1-4-30-23-45(30,44(53)49-61(54,55)31-6-7-31)24-37(52)36-22-40(35-9-5-29(25-51(35)36)28-11-16-56-17-12-28)59-39-21-33(43-48-34(26-60-43)27(2)3)47-42-32(39)8-10-38(41(42)46)58-20-15-50-13-18-57-19-14-50/h8,10,21,25-30,34-35,39H,4-7,9,11-20,22-24H2,1-3H3,(H,49,54);4,8,10,21,26-31,35-36,40H,1,5-7,9,11-20,22-25H2,2-3H3,(H,49,53)/t28-,30-,34-,35+,39-,45-;29-,30+,35+,36-,40+,45+/m10/s1. The van der Waals surface area contributed by atoms with Crippen molar-refractivity contribution in [1.82, 2.24) is 49.0 Å². The second-order valence-corrected chi connectivity index (χ2v) is 43.1. The lowest BCUT2D eigenvalue weighted by Crippen LogP contribution is -2.54. The number of halogens is 2. The molecule has 0 spiro atoms. The average Bonchev–Trinajstić information content (AvgIpc) is 1.56. The molecule has 6 aromatic rings. The first-order valence-corrected chi connectivity index (χ1v) is 50.3. The molecule has 27 nitrogen and oxygen atoms in total. The minimum Gasteiger partial charge on any atom is -0.491 e. The number of carbonyl (C=O) groups excluding carboxylic acids is 5. The lowest BCUT2D eigenvalue weighted by molar-refractivity contribution is -0.150. The van der Waals surface area contributed by atoms with E-state index in [9.17, 15) is 40.8 Å². The zero-order valence-electron chi connectivity index (χ0n) is 71.0. The van der Waals surface area contributed by atoms with Gasteiger partial charge in [0.15, 0.2) is 11.6 Å². The largest absolute Gasteiger partial charge is 0.491 e. The molecule has 33 heteroatoms. The van der Waals surface area contributed by atoms with E-state index in [1.807, 2.05) is 48.7 Å². The van der Waals surface area contributed by atoms with Crippen molar-refractivity contribution < 1.29 is 78.7 Å². The third kappa shape index (κ3) is 19.0. The molecule has 2 aromatic carbocycles. The van der Waals surface area contributed by atoms with E-state index in [4.69, 9.17) is 81.0 Å². The van der Waals surface area contributed by atoms with Crippen LogP contribution < -0.4 is 28.4 Å². The molecule has 8 saturated heterocycles. The number of amides is 3. The summed E-state index contributed by atoms with van der Waals surface area (Å²) in [6.45, 7) is 26.4. The van der Waals surface area contributed by atoms with E-state index in [2.05, 4.69) is 63.8 Å². The van der Waals surface area contributed by atoms with E-state index in [0.29, 0.717) is 195 Å². The van der Waals surface area contributed by atoms with Crippen LogP contribution in [0.4, 0.5) is 0 Å². The van der Waals surface area contributed by atoms with Crippen molar-refractivity contribution in [2.75, 3.05) is 112 Å². The number of sulfonamides is 2. The predicted octanol–water partition coefficient (Wildman–Crippen LogP) is 13.0. The lowest BCUT2D eigenvalue weighted by atomic mass is 9.78. The van der Waals surface area contributed by atoms with Crippen molar-refractivity contribution in [3.8, 4) is 44.4 Å². The highest BCUT2D eigenvalue weighted by molar-refractivity contribution is 7.91. The fourth-order valence-corrected chi connectivity index (χ4v) is 25.5. The fraction of sp³-hybridized carbons (Fsp3) is 0.656. The molecule has 666 valence electrons. The van der Waals surface area contributed by atoms with Crippen molar-refractivity contribution in [2.24, 2.45) is 46.3 Å². The third-order valence-electron chi connectivity index (χ3n) is 28.3. The summed E-state index contributed by atoms with van der Waals surface area (Å²) in [7, 11) is -7.58. The SMILES string of the molecule is C=C[C@@H]1C[C@]1(CC(=O)[C@@H]1C[C@@H](Oc2cc(-c3nc(C(C)C)cs3)nc3c(Cl)c(OCCN4CCOCC4)ccc23)[C@H]2CC[C@H](C3CCOCC3)CN21)C(=O)NS(=O)(=O)C1CC1.CC[C@@H]1C[C@]1(CC(=O)[C@@H]1C[C@@H](Oc2cc(-c3nc(C(C)C)cs3)nc3c(Cl)c(OCCN4CCOCC4)ccc23)[C@H]2CC[C@H](C3CCOCC3)C(=O)N21)C(=O)NS(=O)(=O)C1CC1. The van der Waals surface area contributed by atoms with Gasteiger partial charge in [0.2, 0.25) is 37.8 Å². The van der Waals surface area contributed by atoms with E-state index in [-0.39, 0.29) is 84.4 Å². The minimum absolute atomic E-state index is 0.0446. The van der Waals surface area contributed by atoms with Gasteiger partial charge < -0.3 is 42.8 Å². The quantitative estimate of drug-likeness (QED) is 0.0371. The van der Waals surface area contributed by atoms with Gasteiger partial charge in [-0.05, 0) is 156 Å². The monoisotopic (exact) mass is 1810 g/mol. The number of nitrogens with zero attached hydrogens (tertiary/aromatic N) is 8. The molecule has 12 heterocycles. The Hall–Kier alpha value is -6.59. The summed E-state index contributed by atoms with van der Waals surface area (Å²) in [6.07, 6.45) is 11.6. The van der Waals surface area contributed by atoms with Gasteiger partial charge in [-0.3, -0.25) is 48.1 Å². The number of thiazole rings is 2. The first kappa shape index (κ1) is 88.4. The number of hydrogen-bond acceptors (Lipinski definition) is 26. The molecule has 4 saturated carbocycles. The third-order valence-corrected chi connectivity index (χ3v) is 34.4. The van der Waals surface area contributed by atoms with Crippen molar-refractivity contribution in [3.05, 3.63) is 81.2 Å². The summed E-state index contributed by atoms with van der Waals surface area (Å²) in [5, 5.41) is 6.63. The number of piperidine rings is 2. The zero-order valence-corrected chi connectivity index (χ0v) is 75.8. The normalized spacial score (nSPS) is 28.5. The molecular weight excluding hydrogens is 1690 g/mol. The maximum atomic E-state index is 14.8. The highest BCUT2D eigenvalue weighted by Crippen LogP contribution is 2.60. The Labute approximate surface area is 738 Å². The Morgan fingerprint density at radius 3 is 1.53 bits per heavy atom. The molecule has 123 heavy (non-hydrogen) atoms. The number of fused-ring (bicyclic) bond motifs is 4. The van der Waals surface area contributed by atoms with Gasteiger partial charge in [-0.25, -0.2) is 36.8 Å². The van der Waals surface area contributed by atoms with Crippen LogP contribution in [0.2, 0.25) is 10.0 Å². The van der Waals surface area contributed by atoms with E-state index >= 15 is 0 Å². The van der Waals surface area contributed by atoms with Crippen LogP contribution >= 0.6 is 45.9 Å². The van der Waals surface area contributed by atoms with E-state index < -0.39 is 77.4 Å². The van der Waals surface area contributed by atoms with Crippen molar-refractivity contribution >= 4 is 117 Å². The summed E-state index contributed by atoms with van der Waals surface area (Å²) < 4.78 is 105. The van der Waals surface area contributed by atoms with Crippen molar-refractivity contribution in [2.45, 2.75) is 215 Å². The smallest absolute Gasteiger partial charge is 0.240 e. The van der Waals surface area contributed by atoms with E-state index in [1.165, 1.54) is 22.7 Å². The molecule has 0 unspecified atom stereocenters. The Morgan fingerprint density at radius 1 is 0.577 bits per heavy atom. The predicted molar refractivity (Wildman–Crippen MR) is 470 cm³/mol. The number of pyridine rings is 2. The number of morpholine rings is 2. The van der Waals surface area contributed by atoms with Gasteiger partial charge in [0.05, 0.1) is 88.3 Å². The lowest BCUT2D eigenvalue weighted by Gasteiger charge is -2.42. The number of benzene rings is 2. The van der Waals surface area contributed by atoms with Gasteiger partial charge in [-0.1, -0.05) is 70.3 Å². The average molecular weight is 1810 g/mol. The number of nitrogens with one attached hydrogen (secondary N) is 2. The van der Waals surface area contributed by atoms with Crippen molar-refractivity contribution in [1.29, 1.82) is 0 Å². The molecule has 12 atom stereocenters. The molecule has 12 fully saturated rings. The molecule has 12 aliphatic rings. The minimum atomic E-state index is -3.80. The van der Waals surface area contributed by atoms with Gasteiger partial charge in [0, 0.05) is 144 Å². The molecular formula is C90H116Cl2N10O17S4. The van der Waals surface area contributed by atoms with Crippen LogP contribution in [0.1, 0.15) is 180 Å². The zero-order chi connectivity index (χ0) is 85.8. The number of hydrogen-bond donors (Lipinski definition) is 2. The van der Waals surface area contributed by atoms with Crippen LogP contribution in [0.15, 0.2) is 59.8 Å². The summed E-state index contributed by atoms with van der Waals surface area (Å²) in [4.78, 5) is 101. The van der Waals surface area contributed by atoms with Gasteiger partial charge in [-0.2, -0.15) is 0 Å². The van der Waals surface area contributed by atoms with Crippen molar-refractivity contribution in [3.63, 3.8) is 0 Å². The number of rotatable bonds is 32. The fourth-order valence-electron chi connectivity index (χ4n) is 20.4. The van der Waals surface area contributed by atoms with Crippen LogP contribution in [-0.4, -0.2) is 244 Å². The van der Waals surface area contributed by atoms with Gasteiger partial charge >= 0.3 is 0 Å². The maximum Gasteiger partial charge on any atom is 0.240 e. The Balaban J connectivity index is 0.000000175. The number of carbonyl (C=O) groups is 5. The van der Waals surface area contributed by atoms with Crippen LogP contribution in [-0.2, 0) is 63.0 Å². The van der Waals surface area contributed by atoms with Crippen LogP contribution in [0, 0.1) is 46.3 Å². The molecule has 0 bridgehead atoms. The summed E-state index contributed by atoms with van der Waals surface area (Å²) >= 11 is 17.4. The molecule has 18 rings (SSSR count). The summed E-state index contributed by atoms with van der Waals surface area (Å²) in [6, 6.07) is 9.63. The highest BCUT2D eigenvalue weighted by atomic mass is 35.5. The number of ketones is 2. The van der Waals surface area contributed by atoms with Gasteiger partial charge in [0.25, 0.3) is 0 Å². The first-order chi connectivity index (χ1) is 59.3. The second kappa shape index (κ2) is 37.2. The van der Waals surface area contributed by atoms with Gasteiger partial charge in [-0.15, -0.1) is 29.3 Å². The second-order valence-electron chi connectivity index (χ2n) is 36.7. The van der Waals surface area contributed by atoms with Crippen LogP contribution in [0.3, 0.4) is 0 Å². The molecule has 4 aliphatic carbocycles.